The Hall–Kier alpha value is -1.27. The molecule has 0 radical (unpaired) electrons. The van der Waals surface area contributed by atoms with Crippen molar-refractivity contribution in [2.24, 2.45) is 5.73 Å². The molecule has 0 aromatic heterocycles. The second-order valence-corrected chi connectivity index (χ2v) is 4.20. The van der Waals surface area contributed by atoms with Crippen LogP contribution in [0.5, 0.6) is 5.75 Å². The Morgan fingerprint density at radius 2 is 2.00 bits per heavy atom. The van der Waals surface area contributed by atoms with E-state index in [0.717, 1.165) is 5.56 Å². The molecule has 6 heteroatoms. The predicted octanol–water partition coefficient (Wildman–Crippen LogP) is 2.32. The van der Waals surface area contributed by atoms with Crippen molar-refractivity contribution in [3.63, 3.8) is 0 Å². The lowest BCUT2D eigenvalue weighted by Gasteiger charge is -2.18. The van der Waals surface area contributed by atoms with Gasteiger partial charge in [-0.2, -0.15) is 13.2 Å². The van der Waals surface area contributed by atoms with Gasteiger partial charge in [0.2, 0.25) is 0 Å². The molecule has 0 fully saturated rings. The summed E-state index contributed by atoms with van der Waals surface area (Å²) >= 11 is 0. The van der Waals surface area contributed by atoms with Crippen molar-refractivity contribution in [1.82, 2.24) is 0 Å². The van der Waals surface area contributed by atoms with Gasteiger partial charge in [-0.25, -0.2) is 0 Å². The number of ether oxygens (including phenoxy) is 1. The minimum atomic E-state index is -4.68. The van der Waals surface area contributed by atoms with Gasteiger partial charge in [0.1, 0.15) is 12.4 Å². The van der Waals surface area contributed by atoms with E-state index >= 15 is 0 Å². The molecule has 0 saturated heterocycles. The largest absolute Gasteiger partial charge is 0.490 e. The summed E-state index contributed by atoms with van der Waals surface area (Å²) in [5.74, 6) is 0.272. The minimum Gasteiger partial charge on any atom is -0.490 e. The highest BCUT2D eigenvalue weighted by molar-refractivity contribution is 5.38. The van der Waals surface area contributed by atoms with Crippen LogP contribution in [0.2, 0.25) is 0 Å². The van der Waals surface area contributed by atoms with Crippen LogP contribution in [-0.4, -0.2) is 24.0 Å². The molecule has 0 saturated carbocycles. The van der Waals surface area contributed by atoms with Crippen molar-refractivity contribution in [2.75, 3.05) is 6.61 Å². The van der Waals surface area contributed by atoms with Crippen LogP contribution < -0.4 is 10.5 Å². The van der Waals surface area contributed by atoms with Crippen molar-refractivity contribution in [1.29, 1.82) is 0 Å². The molecule has 0 aliphatic carbocycles. The quantitative estimate of drug-likeness (QED) is 0.876. The lowest BCUT2D eigenvalue weighted by Crippen LogP contribution is -2.34. The minimum absolute atomic E-state index is 0.272. The second-order valence-electron chi connectivity index (χ2n) is 4.20. The van der Waals surface area contributed by atoms with Gasteiger partial charge in [0, 0.05) is 11.6 Å². The van der Waals surface area contributed by atoms with E-state index in [2.05, 4.69) is 0 Å². The Morgan fingerprint density at radius 3 is 2.50 bits per heavy atom. The third-order valence-corrected chi connectivity index (χ3v) is 2.43. The number of benzene rings is 1. The lowest BCUT2D eigenvalue weighted by atomic mass is 10.1. The van der Waals surface area contributed by atoms with Crippen molar-refractivity contribution in [2.45, 2.75) is 32.2 Å². The molecular formula is C12H16F3NO2. The van der Waals surface area contributed by atoms with Gasteiger partial charge in [-0.05, 0) is 25.5 Å². The Kier molecular flexibility index (Phi) is 4.59. The number of aliphatic hydroxyl groups excluding tert-OH is 1. The average molecular weight is 263 g/mol. The Bertz CT molecular complexity index is 405. The molecule has 0 spiro atoms. The third-order valence-electron chi connectivity index (χ3n) is 2.43. The normalized spacial score (nSPS) is 15.3. The van der Waals surface area contributed by atoms with E-state index < -0.39 is 18.9 Å². The Morgan fingerprint density at radius 1 is 1.39 bits per heavy atom. The monoisotopic (exact) mass is 263 g/mol. The van der Waals surface area contributed by atoms with Crippen LogP contribution in [0.4, 0.5) is 13.2 Å². The zero-order valence-corrected chi connectivity index (χ0v) is 10.2. The zero-order valence-electron chi connectivity index (χ0n) is 10.2. The highest BCUT2D eigenvalue weighted by atomic mass is 19.4. The van der Waals surface area contributed by atoms with E-state index in [9.17, 15) is 13.2 Å². The first-order valence-corrected chi connectivity index (χ1v) is 5.45. The Labute approximate surface area is 103 Å². The van der Waals surface area contributed by atoms with Crippen LogP contribution in [0.15, 0.2) is 18.2 Å². The maximum atomic E-state index is 12.1. The number of rotatable bonds is 4. The highest BCUT2D eigenvalue weighted by Crippen LogP contribution is 2.27. The molecule has 1 aromatic carbocycles. The summed E-state index contributed by atoms with van der Waals surface area (Å²) in [5.41, 5.74) is 7.14. The molecule has 1 rings (SSSR count). The summed E-state index contributed by atoms with van der Waals surface area (Å²) < 4.78 is 41.4. The molecular weight excluding hydrogens is 247 g/mol. The van der Waals surface area contributed by atoms with Gasteiger partial charge < -0.3 is 15.6 Å². The van der Waals surface area contributed by atoms with Gasteiger partial charge in [-0.3, -0.25) is 0 Å². The molecule has 3 nitrogen and oxygen atoms in total. The second kappa shape index (κ2) is 5.58. The number of aliphatic hydroxyl groups is 1. The summed E-state index contributed by atoms with van der Waals surface area (Å²) in [5, 5.41) is 8.86. The van der Waals surface area contributed by atoms with E-state index in [4.69, 9.17) is 15.6 Å². The molecule has 0 amide bonds. The van der Waals surface area contributed by atoms with Crippen molar-refractivity contribution in [3.8, 4) is 5.75 Å². The molecule has 0 heterocycles. The highest BCUT2D eigenvalue weighted by Gasteiger charge is 2.38. The van der Waals surface area contributed by atoms with Crippen molar-refractivity contribution < 1.29 is 23.0 Å². The topological polar surface area (TPSA) is 55.5 Å². The van der Waals surface area contributed by atoms with E-state index in [1.807, 2.05) is 0 Å². The van der Waals surface area contributed by atoms with E-state index in [-0.39, 0.29) is 11.8 Å². The number of aryl methyl sites for hydroxylation is 1. The number of hydrogen-bond acceptors (Lipinski definition) is 3. The molecule has 18 heavy (non-hydrogen) atoms. The van der Waals surface area contributed by atoms with Crippen molar-refractivity contribution >= 4 is 0 Å². The van der Waals surface area contributed by atoms with Crippen LogP contribution >= 0.6 is 0 Å². The fraction of sp³-hybridized carbons (Fsp3) is 0.500. The van der Waals surface area contributed by atoms with Crippen LogP contribution in [0.1, 0.15) is 24.1 Å². The van der Waals surface area contributed by atoms with Gasteiger partial charge in [0.15, 0.2) is 6.10 Å². The molecule has 0 aliphatic rings. The first kappa shape index (κ1) is 14.8. The third kappa shape index (κ3) is 3.89. The number of alkyl halides is 3. The van der Waals surface area contributed by atoms with Gasteiger partial charge in [-0.15, -0.1) is 0 Å². The first-order chi connectivity index (χ1) is 8.21. The lowest BCUT2D eigenvalue weighted by molar-refractivity contribution is -0.210. The van der Waals surface area contributed by atoms with Crippen LogP contribution in [0.3, 0.4) is 0 Å². The molecule has 0 bridgehead atoms. The van der Waals surface area contributed by atoms with Crippen molar-refractivity contribution in [3.05, 3.63) is 29.3 Å². The van der Waals surface area contributed by atoms with Crippen LogP contribution in [0, 0.1) is 6.92 Å². The van der Waals surface area contributed by atoms with E-state index in [1.54, 1.807) is 32.0 Å². The fourth-order valence-electron chi connectivity index (χ4n) is 1.41. The molecule has 2 atom stereocenters. The smallest absolute Gasteiger partial charge is 0.417 e. The molecule has 2 unspecified atom stereocenters. The average Bonchev–Trinajstić information content (AvgIpc) is 2.24. The maximum Gasteiger partial charge on any atom is 0.417 e. The Balaban J connectivity index is 2.81. The zero-order chi connectivity index (χ0) is 13.9. The predicted molar refractivity (Wildman–Crippen MR) is 61.3 cm³/mol. The molecule has 3 N–H and O–H groups in total. The summed E-state index contributed by atoms with van der Waals surface area (Å²) in [7, 11) is 0. The number of hydrogen-bond donors (Lipinski definition) is 2. The summed E-state index contributed by atoms with van der Waals surface area (Å²) in [6.07, 6.45) is -7.18. The first-order valence-electron chi connectivity index (χ1n) is 5.45. The number of nitrogens with two attached hydrogens (primary N) is 1. The summed E-state index contributed by atoms with van der Waals surface area (Å²) in [6, 6.07) is 4.74. The van der Waals surface area contributed by atoms with Crippen LogP contribution in [-0.2, 0) is 0 Å². The fourth-order valence-corrected chi connectivity index (χ4v) is 1.41. The molecule has 102 valence electrons. The summed E-state index contributed by atoms with van der Waals surface area (Å²) in [4.78, 5) is 0. The SMILES string of the molecule is Cc1ccc(C(C)N)c(OCC(O)C(F)(F)F)c1. The molecule has 1 aromatic rings. The van der Waals surface area contributed by atoms with Gasteiger partial charge >= 0.3 is 6.18 Å². The summed E-state index contributed by atoms with van der Waals surface area (Å²) in [6.45, 7) is 2.66. The van der Waals surface area contributed by atoms with E-state index in [0.29, 0.717) is 5.56 Å². The van der Waals surface area contributed by atoms with Gasteiger partial charge in [0.25, 0.3) is 0 Å². The van der Waals surface area contributed by atoms with Gasteiger partial charge in [-0.1, -0.05) is 12.1 Å². The number of halogens is 3. The maximum absolute atomic E-state index is 12.1. The van der Waals surface area contributed by atoms with E-state index in [1.165, 1.54) is 0 Å². The van der Waals surface area contributed by atoms with Crippen LogP contribution in [0.25, 0.3) is 0 Å². The standard InChI is InChI=1S/C12H16F3NO2/c1-7-3-4-9(8(2)16)10(5-7)18-6-11(17)12(13,14)15/h3-5,8,11,17H,6,16H2,1-2H3. The van der Waals surface area contributed by atoms with Gasteiger partial charge in [0.05, 0.1) is 0 Å². The molecule has 0 aliphatic heterocycles.